The molecule has 0 aliphatic heterocycles. The zero-order valence-electron chi connectivity index (χ0n) is 23.5. The minimum absolute atomic E-state index is 0.710. The highest BCUT2D eigenvalue weighted by Crippen LogP contribution is 2.69. The van der Waals surface area contributed by atoms with Gasteiger partial charge in [-0.15, -0.1) is 0 Å². The molecule has 0 aromatic rings. The molecule has 0 saturated heterocycles. The van der Waals surface area contributed by atoms with Gasteiger partial charge in [0.15, 0.2) is 8.32 Å². The van der Waals surface area contributed by atoms with Gasteiger partial charge in [-0.2, -0.15) is 0 Å². The molecule has 0 amide bonds. The Balaban J connectivity index is 1.07. The predicted molar refractivity (Wildman–Crippen MR) is 149 cm³/mol. The van der Waals surface area contributed by atoms with E-state index in [1.807, 2.05) is 0 Å². The van der Waals surface area contributed by atoms with Crippen LogP contribution >= 0.6 is 0 Å². The lowest BCUT2D eigenvalue weighted by atomic mass is 9.50. The molecule has 0 atom stereocenters. The molecule has 0 radical (unpaired) electrons. The van der Waals surface area contributed by atoms with Gasteiger partial charge in [-0.25, -0.2) is 0 Å². The van der Waals surface area contributed by atoms with Crippen molar-refractivity contribution in [3.8, 4) is 0 Å². The van der Waals surface area contributed by atoms with E-state index in [2.05, 4.69) is 7.11 Å². The quantitative estimate of drug-likeness (QED) is 0.313. The van der Waals surface area contributed by atoms with Gasteiger partial charge in [0, 0.05) is 7.11 Å². The highest BCUT2D eigenvalue weighted by Gasteiger charge is 2.62. The maximum absolute atomic E-state index is 7.29. The molecule has 12 rings (SSSR count). The lowest BCUT2D eigenvalue weighted by Gasteiger charge is -2.63. The summed E-state index contributed by atoms with van der Waals surface area (Å²) >= 11 is 0. The van der Waals surface area contributed by atoms with Crippen molar-refractivity contribution in [1.82, 2.24) is 0 Å². The van der Waals surface area contributed by atoms with Gasteiger partial charge in [0.2, 0.25) is 0 Å². The van der Waals surface area contributed by atoms with Gasteiger partial charge in [0.25, 0.3) is 0 Å². The molecule has 12 bridgehead atoms. The average molecular weight is 507 g/mol. The molecule has 2 heteroatoms. The van der Waals surface area contributed by atoms with E-state index in [-0.39, 0.29) is 0 Å². The summed E-state index contributed by atoms with van der Waals surface area (Å²) in [5, 5.41) is 0. The zero-order chi connectivity index (χ0) is 23.8. The Hall–Kier alpha value is 0.177. The molecule has 12 aliphatic carbocycles. The van der Waals surface area contributed by atoms with Crippen LogP contribution in [0.1, 0.15) is 116 Å². The second kappa shape index (κ2) is 7.67. The zero-order valence-corrected chi connectivity index (χ0v) is 24.5. The van der Waals surface area contributed by atoms with Crippen molar-refractivity contribution in [3.05, 3.63) is 0 Å². The van der Waals surface area contributed by atoms with Crippen LogP contribution in [0.15, 0.2) is 0 Å². The van der Waals surface area contributed by atoms with E-state index in [4.69, 9.17) is 4.43 Å². The van der Waals surface area contributed by atoms with E-state index in [1.54, 1.807) is 134 Å². The Morgan fingerprint density at radius 2 is 0.611 bits per heavy atom. The topological polar surface area (TPSA) is 9.23 Å². The van der Waals surface area contributed by atoms with Crippen LogP contribution in [-0.2, 0) is 4.43 Å². The molecule has 12 fully saturated rings. The van der Waals surface area contributed by atoms with E-state index >= 15 is 0 Å². The third-order valence-electron chi connectivity index (χ3n) is 15.0. The fraction of sp³-hybridized carbons (Fsp3) is 1.00. The minimum atomic E-state index is -1.83. The van der Waals surface area contributed by atoms with Gasteiger partial charge >= 0.3 is 0 Å². The summed E-state index contributed by atoms with van der Waals surface area (Å²) in [6.07, 6.45) is 28.9. The molecule has 36 heavy (non-hydrogen) atoms. The maximum atomic E-state index is 7.29. The second-order valence-corrected chi connectivity index (χ2v) is 22.0. The van der Waals surface area contributed by atoms with E-state index in [9.17, 15) is 0 Å². The maximum Gasteiger partial charge on any atom is 0.193 e. The van der Waals surface area contributed by atoms with Crippen LogP contribution in [0.2, 0.25) is 18.1 Å². The van der Waals surface area contributed by atoms with Crippen molar-refractivity contribution in [3.63, 3.8) is 0 Å². The molecule has 0 unspecified atom stereocenters. The van der Waals surface area contributed by atoms with Crippen molar-refractivity contribution in [1.29, 1.82) is 0 Å². The van der Waals surface area contributed by atoms with Crippen LogP contribution in [0.5, 0.6) is 0 Å². The summed E-state index contributed by atoms with van der Waals surface area (Å²) in [5.41, 5.74) is 2.13. The highest BCUT2D eigenvalue weighted by molar-refractivity contribution is 6.74. The third kappa shape index (κ3) is 3.60. The molecular weight excluding hydrogens is 452 g/mol. The summed E-state index contributed by atoms with van der Waals surface area (Å²) in [4.78, 5) is 0. The lowest BCUT2D eigenvalue weighted by molar-refractivity contribution is -0.0574. The van der Waals surface area contributed by atoms with Crippen LogP contribution < -0.4 is 0 Å². The SMILES string of the molecule is CO[Si](CC12CC3CC(CC(C3)C1)C2)(CC12CC3CC(CC(C3)C1)C2)CC12CC3CC(CC(C3)C1)C2. The predicted octanol–water partition coefficient (Wildman–Crippen LogP) is 9.23. The Bertz CT molecular complexity index is 685. The lowest BCUT2D eigenvalue weighted by Crippen LogP contribution is -2.58. The summed E-state index contributed by atoms with van der Waals surface area (Å²) < 4.78 is 7.29. The molecule has 200 valence electrons. The van der Waals surface area contributed by atoms with Crippen LogP contribution in [0.3, 0.4) is 0 Å². The normalized spacial score (nSPS) is 59.1. The first-order chi connectivity index (χ1) is 17.4. The van der Waals surface area contributed by atoms with Gasteiger partial charge in [0.05, 0.1) is 0 Å². The molecule has 0 heterocycles. The third-order valence-corrected chi connectivity index (χ3v) is 20.1. The van der Waals surface area contributed by atoms with E-state index < -0.39 is 8.32 Å². The van der Waals surface area contributed by atoms with Crippen molar-refractivity contribution < 1.29 is 4.43 Å². The number of rotatable bonds is 7. The summed E-state index contributed by atoms with van der Waals surface area (Å²) in [6, 6.07) is 4.80. The van der Waals surface area contributed by atoms with E-state index in [0.29, 0.717) is 16.2 Å². The largest absolute Gasteiger partial charge is 0.420 e. The Labute approximate surface area is 222 Å². The molecule has 0 aromatic heterocycles. The molecule has 0 N–H and O–H groups in total. The molecule has 1 nitrogen and oxygen atoms in total. The summed E-state index contributed by atoms with van der Waals surface area (Å²) in [5.74, 6) is 9.87. The summed E-state index contributed by atoms with van der Waals surface area (Å²) in [7, 11) is 0.446. The summed E-state index contributed by atoms with van der Waals surface area (Å²) in [6.45, 7) is 0. The number of hydrogen-bond donors (Lipinski definition) is 0. The van der Waals surface area contributed by atoms with Crippen LogP contribution in [-0.4, -0.2) is 15.4 Å². The van der Waals surface area contributed by atoms with Gasteiger partial charge in [-0.05, 0) is 203 Å². The molecule has 0 aromatic carbocycles. The Morgan fingerprint density at radius 1 is 0.417 bits per heavy atom. The van der Waals surface area contributed by atoms with Crippen LogP contribution in [0.4, 0.5) is 0 Å². The monoisotopic (exact) mass is 506 g/mol. The average Bonchev–Trinajstić information content (AvgIpc) is 2.75. The van der Waals surface area contributed by atoms with Crippen LogP contribution in [0.25, 0.3) is 0 Å². The van der Waals surface area contributed by atoms with Crippen molar-refractivity contribution in [2.24, 2.45) is 69.5 Å². The standard InChI is InChI=1S/C34H54OSi/c1-35-36(20-32-11-23-2-24(12-32)4-25(3-23)13-32,21-33-14-26-5-27(15-33)7-28(6-26)16-33)22-34-17-29-8-30(18-34)10-31(9-29)19-34/h23-31H,2-22H2,1H3. The molecule has 0 spiro atoms. The van der Waals surface area contributed by atoms with Gasteiger partial charge < -0.3 is 4.43 Å². The smallest absolute Gasteiger partial charge is 0.193 e. The molecule has 12 saturated carbocycles. The van der Waals surface area contributed by atoms with Crippen molar-refractivity contribution >= 4 is 8.32 Å². The van der Waals surface area contributed by atoms with E-state index in [0.717, 1.165) is 53.3 Å². The first-order valence-corrected chi connectivity index (χ1v) is 19.5. The van der Waals surface area contributed by atoms with Crippen molar-refractivity contribution in [2.75, 3.05) is 7.11 Å². The first kappa shape index (κ1) is 22.9. The van der Waals surface area contributed by atoms with Crippen LogP contribution in [0, 0.1) is 69.5 Å². The first-order valence-electron chi connectivity index (χ1n) is 16.9. The van der Waals surface area contributed by atoms with Gasteiger partial charge in [0.1, 0.15) is 0 Å². The molecular formula is C34H54OSi. The van der Waals surface area contributed by atoms with E-state index in [1.165, 1.54) is 0 Å². The minimum Gasteiger partial charge on any atom is -0.420 e. The fourth-order valence-electron chi connectivity index (χ4n) is 16.0. The molecule has 12 aliphatic rings. The van der Waals surface area contributed by atoms with Gasteiger partial charge in [-0.3, -0.25) is 0 Å². The fourth-order valence-corrected chi connectivity index (χ4v) is 22.2. The highest BCUT2D eigenvalue weighted by atomic mass is 28.4. The Morgan fingerprint density at radius 3 is 0.778 bits per heavy atom. The number of hydrogen-bond acceptors (Lipinski definition) is 1. The second-order valence-electron chi connectivity index (χ2n) is 18.2. The van der Waals surface area contributed by atoms with Gasteiger partial charge in [-0.1, -0.05) is 0 Å². The van der Waals surface area contributed by atoms with Crippen molar-refractivity contribution in [2.45, 2.75) is 134 Å². The Kier molecular flexibility index (Phi) is 4.89.